The molecule has 0 aliphatic carbocycles. The van der Waals surface area contributed by atoms with Crippen molar-refractivity contribution in [2.24, 2.45) is 0 Å². The summed E-state index contributed by atoms with van der Waals surface area (Å²) in [6.07, 6.45) is 15.9. The van der Waals surface area contributed by atoms with Gasteiger partial charge in [-0.05, 0) is 24.6 Å². The lowest BCUT2D eigenvalue weighted by Crippen LogP contribution is -1.68. The quantitative estimate of drug-likeness (QED) is 0.453. The molecule has 14 heavy (non-hydrogen) atoms. The third-order valence-electron chi connectivity index (χ3n) is 1.31. The summed E-state index contributed by atoms with van der Waals surface area (Å²) in [5, 5.41) is 0. The van der Waals surface area contributed by atoms with Crippen molar-refractivity contribution in [1.82, 2.24) is 0 Å². The van der Waals surface area contributed by atoms with Crippen LogP contribution in [-0.4, -0.2) is 0 Å². The van der Waals surface area contributed by atoms with Crippen LogP contribution in [0.2, 0.25) is 0 Å². The highest BCUT2D eigenvalue weighted by Gasteiger charge is 1.76. The second-order valence-corrected chi connectivity index (χ2v) is 2.53. The zero-order valence-corrected chi connectivity index (χ0v) is 8.52. The average Bonchev–Trinajstić information content (AvgIpc) is 2.17. The van der Waals surface area contributed by atoms with Crippen LogP contribution in [-0.2, 0) is 4.74 Å². The van der Waals surface area contributed by atoms with Crippen LogP contribution >= 0.6 is 0 Å². The Balaban J connectivity index is 3.78. The van der Waals surface area contributed by atoms with Crippen molar-refractivity contribution in [1.29, 1.82) is 0 Å². The van der Waals surface area contributed by atoms with Gasteiger partial charge in [-0.3, -0.25) is 0 Å². The van der Waals surface area contributed by atoms with Gasteiger partial charge < -0.3 is 4.74 Å². The Bertz CT molecular complexity index is 278. The molecule has 0 aromatic heterocycles. The molecule has 74 valence electrons. The molecule has 0 aliphatic heterocycles. The van der Waals surface area contributed by atoms with E-state index < -0.39 is 0 Å². The van der Waals surface area contributed by atoms with Gasteiger partial charge in [0.2, 0.25) is 0 Å². The summed E-state index contributed by atoms with van der Waals surface area (Å²) in [6.45, 7) is 9.12. The molecule has 0 fully saturated rings. The summed E-state index contributed by atoms with van der Waals surface area (Å²) in [5.74, 6) is 0. The second-order valence-electron chi connectivity index (χ2n) is 2.53. The normalized spacial score (nSPS) is 12.8. The Morgan fingerprint density at radius 1 is 1.00 bits per heavy atom. The van der Waals surface area contributed by atoms with Gasteiger partial charge >= 0.3 is 0 Å². The predicted molar refractivity (Wildman–Crippen MR) is 62.7 cm³/mol. The number of hydrogen-bond donors (Lipinski definition) is 0. The summed E-state index contributed by atoms with van der Waals surface area (Å²) >= 11 is 0. The van der Waals surface area contributed by atoms with Crippen LogP contribution in [0.15, 0.2) is 73.8 Å². The van der Waals surface area contributed by atoms with Crippen LogP contribution in [0.4, 0.5) is 0 Å². The number of hydrogen-bond acceptors (Lipinski definition) is 1. The molecular formula is C13H16O. The van der Waals surface area contributed by atoms with E-state index >= 15 is 0 Å². The van der Waals surface area contributed by atoms with Gasteiger partial charge in [-0.2, -0.15) is 0 Å². The molecule has 0 spiro atoms. The van der Waals surface area contributed by atoms with E-state index in [0.29, 0.717) is 0 Å². The molecule has 0 bridgehead atoms. The van der Waals surface area contributed by atoms with Crippen LogP contribution in [0, 0.1) is 0 Å². The predicted octanol–water partition coefficient (Wildman–Crippen LogP) is 3.90. The van der Waals surface area contributed by atoms with E-state index in [-0.39, 0.29) is 0 Å². The van der Waals surface area contributed by atoms with Crippen molar-refractivity contribution in [3.05, 3.63) is 73.8 Å². The standard InChI is InChI=1S/C13H16O/c1-4-6-7-8-11-14-12-10-13(3)9-5-2/h4-12H,1-2H2,3H3/b7-6-,11-8+,12-10+,13-9-. The SMILES string of the molecule is C=C/C=C\C=C\O/C=C/C(C)=C\C=C. The average molecular weight is 188 g/mol. The van der Waals surface area contributed by atoms with Gasteiger partial charge in [-0.25, -0.2) is 0 Å². The molecule has 1 nitrogen and oxygen atoms in total. The van der Waals surface area contributed by atoms with E-state index in [2.05, 4.69) is 13.2 Å². The molecule has 0 unspecified atom stereocenters. The zero-order chi connectivity index (χ0) is 10.6. The molecule has 0 radical (unpaired) electrons. The zero-order valence-electron chi connectivity index (χ0n) is 8.52. The van der Waals surface area contributed by atoms with Crippen LogP contribution in [0.3, 0.4) is 0 Å². The van der Waals surface area contributed by atoms with Gasteiger partial charge in [-0.1, -0.05) is 43.5 Å². The first-order chi connectivity index (χ1) is 6.81. The first-order valence-electron chi connectivity index (χ1n) is 4.37. The van der Waals surface area contributed by atoms with Crippen molar-refractivity contribution >= 4 is 0 Å². The first-order valence-corrected chi connectivity index (χ1v) is 4.37. The Labute approximate surface area is 86.1 Å². The van der Waals surface area contributed by atoms with Gasteiger partial charge in [0.15, 0.2) is 0 Å². The van der Waals surface area contributed by atoms with E-state index in [1.54, 1.807) is 30.8 Å². The maximum Gasteiger partial charge on any atom is 0.0904 e. The third kappa shape index (κ3) is 8.34. The largest absolute Gasteiger partial charge is 0.473 e. The van der Waals surface area contributed by atoms with Crippen molar-refractivity contribution in [3.8, 4) is 0 Å². The minimum atomic E-state index is 1.09. The summed E-state index contributed by atoms with van der Waals surface area (Å²) in [7, 11) is 0. The molecule has 0 heterocycles. The smallest absolute Gasteiger partial charge is 0.0904 e. The molecular weight excluding hydrogens is 172 g/mol. The molecule has 0 aromatic carbocycles. The highest BCUT2D eigenvalue weighted by molar-refractivity contribution is 5.19. The molecule has 1 heteroatoms. The molecule has 0 amide bonds. The van der Waals surface area contributed by atoms with Crippen LogP contribution in [0.5, 0.6) is 0 Å². The summed E-state index contributed by atoms with van der Waals surface area (Å²) in [4.78, 5) is 0. The fraction of sp³-hybridized carbons (Fsp3) is 0.0769. The van der Waals surface area contributed by atoms with Gasteiger partial charge in [0.1, 0.15) is 0 Å². The summed E-state index contributed by atoms with van der Waals surface area (Å²) in [5.41, 5.74) is 1.09. The van der Waals surface area contributed by atoms with Crippen LogP contribution < -0.4 is 0 Å². The van der Waals surface area contributed by atoms with Gasteiger partial charge in [0, 0.05) is 0 Å². The molecule has 0 N–H and O–H groups in total. The molecule has 0 aromatic rings. The lowest BCUT2D eigenvalue weighted by atomic mass is 10.3. The van der Waals surface area contributed by atoms with E-state index in [1.165, 1.54) is 0 Å². The Morgan fingerprint density at radius 3 is 2.43 bits per heavy atom. The van der Waals surface area contributed by atoms with Gasteiger partial charge in [-0.15, -0.1) is 0 Å². The lowest BCUT2D eigenvalue weighted by molar-refractivity contribution is 0.402. The maximum absolute atomic E-state index is 5.08. The topological polar surface area (TPSA) is 9.23 Å². The molecule has 0 aliphatic rings. The van der Waals surface area contributed by atoms with Gasteiger partial charge in [0.05, 0.1) is 12.5 Å². The van der Waals surface area contributed by atoms with E-state index in [9.17, 15) is 0 Å². The van der Waals surface area contributed by atoms with Crippen LogP contribution in [0.25, 0.3) is 0 Å². The van der Waals surface area contributed by atoms with E-state index in [1.807, 2.05) is 31.2 Å². The Kier molecular flexibility index (Phi) is 8.16. The van der Waals surface area contributed by atoms with E-state index in [0.717, 1.165) is 5.57 Å². The number of ether oxygens (including phenoxy) is 1. The van der Waals surface area contributed by atoms with Gasteiger partial charge in [0.25, 0.3) is 0 Å². The van der Waals surface area contributed by atoms with E-state index in [4.69, 9.17) is 4.74 Å². The Hall–Kier alpha value is -1.76. The summed E-state index contributed by atoms with van der Waals surface area (Å²) < 4.78 is 5.08. The third-order valence-corrected chi connectivity index (χ3v) is 1.31. The minimum absolute atomic E-state index is 1.09. The van der Waals surface area contributed by atoms with Crippen molar-refractivity contribution < 1.29 is 4.74 Å². The van der Waals surface area contributed by atoms with Crippen molar-refractivity contribution in [2.75, 3.05) is 0 Å². The minimum Gasteiger partial charge on any atom is -0.473 e. The Morgan fingerprint density at radius 2 is 1.79 bits per heavy atom. The molecule has 0 saturated carbocycles. The van der Waals surface area contributed by atoms with Crippen molar-refractivity contribution in [2.45, 2.75) is 6.92 Å². The maximum atomic E-state index is 5.08. The first kappa shape index (κ1) is 12.2. The lowest BCUT2D eigenvalue weighted by Gasteiger charge is -1.89. The number of rotatable bonds is 6. The van der Waals surface area contributed by atoms with Crippen LogP contribution in [0.1, 0.15) is 6.92 Å². The number of allylic oxidation sites excluding steroid dienone is 8. The molecule has 0 saturated heterocycles. The fourth-order valence-electron chi connectivity index (χ4n) is 0.667. The molecule has 0 rings (SSSR count). The van der Waals surface area contributed by atoms with Crippen molar-refractivity contribution in [3.63, 3.8) is 0 Å². The monoisotopic (exact) mass is 188 g/mol. The summed E-state index contributed by atoms with van der Waals surface area (Å²) in [6, 6.07) is 0. The second kappa shape index (κ2) is 9.33. The fourth-order valence-corrected chi connectivity index (χ4v) is 0.667. The highest BCUT2D eigenvalue weighted by atomic mass is 16.5. The highest BCUT2D eigenvalue weighted by Crippen LogP contribution is 1.95. The molecule has 0 atom stereocenters.